The van der Waals surface area contributed by atoms with Crippen molar-refractivity contribution in [3.63, 3.8) is 0 Å². The maximum atomic E-state index is 11.2. The first kappa shape index (κ1) is 11.5. The number of carbonyl (C=O) groups is 1. The van der Waals surface area contributed by atoms with Crippen LogP contribution in [0.5, 0.6) is 0 Å². The minimum absolute atomic E-state index is 0.292. The molecule has 1 aliphatic rings. The Morgan fingerprint density at radius 3 is 2.50 bits per heavy atom. The van der Waals surface area contributed by atoms with Gasteiger partial charge in [-0.2, -0.15) is 0 Å². The van der Waals surface area contributed by atoms with E-state index in [4.69, 9.17) is 9.84 Å². The molecular weight excluding hydrogens is 224 g/mol. The number of aryl methyl sites for hydroxylation is 2. The fourth-order valence-corrected chi connectivity index (χ4v) is 2.71. The van der Waals surface area contributed by atoms with Gasteiger partial charge in [0, 0.05) is 4.90 Å². The summed E-state index contributed by atoms with van der Waals surface area (Å²) < 4.78 is 4.25. The van der Waals surface area contributed by atoms with Crippen molar-refractivity contribution in [1.82, 2.24) is 0 Å². The number of carboxylic acids is 1. The summed E-state index contributed by atoms with van der Waals surface area (Å²) in [6, 6.07) is 6.02. The summed E-state index contributed by atoms with van der Waals surface area (Å²) in [5.41, 5.74) is 2.41. The van der Waals surface area contributed by atoms with Crippen molar-refractivity contribution in [1.29, 1.82) is 0 Å². The van der Waals surface area contributed by atoms with E-state index < -0.39 is 10.7 Å². The molecule has 1 aromatic rings. The van der Waals surface area contributed by atoms with Gasteiger partial charge in [0.15, 0.2) is 4.75 Å². The zero-order chi connectivity index (χ0) is 11.8. The molecule has 0 atom stereocenters. The molecule has 86 valence electrons. The van der Waals surface area contributed by atoms with Gasteiger partial charge in [0.05, 0.1) is 13.2 Å². The number of aliphatic carboxylic acids is 1. The molecule has 0 bridgehead atoms. The topological polar surface area (TPSA) is 46.5 Å². The van der Waals surface area contributed by atoms with Gasteiger partial charge in [0.1, 0.15) is 0 Å². The van der Waals surface area contributed by atoms with Crippen LogP contribution < -0.4 is 0 Å². The molecular formula is C12H14O3S. The van der Waals surface area contributed by atoms with Crippen molar-refractivity contribution >= 4 is 17.7 Å². The van der Waals surface area contributed by atoms with Crippen LogP contribution in [0.25, 0.3) is 0 Å². The summed E-state index contributed by atoms with van der Waals surface area (Å²) in [5.74, 6) is -0.790. The average Bonchev–Trinajstić information content (AvgIpc) is 2.16. The average molecular weight is 238 g/mol. The molecule has 16 heavy (non-hydrogen) atoms. The van der Waals surface area contributed by atoms with Crippen LogP contribution in [0.2, 0.25) is 0 Å². The molecule has 3 nitrogen and oxygen atoms in total. The van der Waals surface area contributed by atoms with Crippen LogP contribution in [0.1, 0.15) is 11.1 Å². The molecule has 0 saturated carbocycles. The van der Waals surface area contributed by atoms with Crippen molar-refractivity contribution < 1.29 is 14.6 Å². The standard InChI is InChI=1S/C12H14O3S/c1-8-3-4-10(5-9(8)2)16-12(11(13)14)6-15-7-12/h3-5H,6-7H2,1-2H3,(H,13,14). The molecule has 0 unspecified atom stereocenters. The maximum Gasteiger partial charge on any atom is 0.324 e. The Kier molecular flexibility index (Phi) is 2.95. The number of rotatable bonds is 3. The fourth-order valence-electron chi connectivity index (χ4n) is 1.52. The van der Waals surface area contributed by atoms with E-state index >= 15 is 0 Å². The zero-order valence-corrected chi connectivity index (χ0v) is 10.1. The molecule has 1 aromatic carbocycles. The van der Waals surface area contributed by atoms with Crippen molar-refractivity contribution in [2.45, 2.75) is 23.5 Å². The molecule has 1 saturated heterocycles. The third-order valence-electron chi connectivity index (χ3n) is 2.85. The number of ether oxygens (including phenoxy) is 1. The normalized spacial score (nSPS) is 17.9. The Bertz CT molecular complexity index is 424. The van der Waals surface area contributed by atoms with Gasteiger partial charge < -0.3 is 9.84 Å². The van der Waals surface area contributed by atoms with Crippen molar-refractivity contribution in [2.24, 2.45) is 0 Å². The van der Waals surface area contributed by atoms with E-state index in [-0.39, 0.29) is 0 Å². The monoisotopic (exact) mass is 238 g/mol. The van der Waals surface area contributed by atoms with E-state index in [1.807, 2.05) is 32.0 Å². The number of hydrogen-bond acceptors (Lipinski definition) is 3. The molecule has 0 radical (unpaired) electrons. The highest BCUT2D eigenvalue weighted by atomic mass is 32.2. The van der Waals surface area contributed by atoms with E-state index in [1.54, 1.807) is 0 Å². The van der Waals surface area contributed by atoms with E-state index in [1.165, 1.54) is 22.9 Å². The zero-order valence-electron chi connectivity index (χ0n) is 9.32. The van der Waals surface area contributed by atoms with Crippen LogP contribution in [0.15, 0.2) is 23.1 Å². The summed E-state index contributed by atoms with van der Waals surface area (Å²) in [4.78, 5) is 12.2. The summed E-state index contributed by atoms with van der Waals surface area (Å²) >= 11 is 1.38. The Hall–Kier alpha value is -1.00. The van der Waals surface area contributed by atoms with Crippen LogP contribution in [-0.4, -0.2) is 29.0 Å². The van der Waals surface area contributed by atoms with Crippen LogP contribution in [0.3, 0.4) is 0 Å². The van der Waals surface area contributed by atoms with Crippen molar-refractivity contribution in [3.8, 4) is 0 Å². The van der Waals surface area contributed by atoms with E-state index in [0.29, 0.717) is 13.2 Å². The predicted molar refractivity (Wildman–Crippen MR) is 63.0 cm³/mol. The molecule has 1 N–H and O–H groups in total. The maximum absolute atomic E-state index is 11.2. The second kappa shape index (κ2) is 4.11. The number of benzene rings is 1. The van der Waals surface area contributed by atoms with Gasteiger partial charge in [0.2, 0.25) is 0 Å². The molecule has 0 aliphatic carbocycles. The van der Waals surface area contributed by atoms with E-state index in [9.17, 15) is 4.79 Å². The van der Waals surface area contributed by atoms with Gasteiger partial charge in [-0.3, -0.25) is 4.79 Å². The molecule has 1 fully saturated rings. The molecule has 1 heterocycles. The first-order valence-corrected chi connectivity index (χ1v) is 5.92. The minimum Gasteiger partial charge on any atom is -0.480 e. The number of thioether (sulfide) groups is 1. The SMILES string of the molecule is Cc1ccc(SC2(C(=O)O)COC2)cc1C. The van der Waals surface area contributed by atoms with Crippen LogP contribution in [0.4, 0.5) is 0 Å². The first-order valence-electron chi connectivity index (χ1n) is 5.11. The predicted octanol–water partition coefficient (Wildman–Crippen LogP) is 2.25. The molecule has 0 aromatic heterocycles. The fraction of sp³-hybridized carbons (Fsp3) is 0.417. The van der Waals surface area contributed by atoms with Gasteiger partial charge in [-0.25, -0.2) is 0 Å². The van der Waals surface area contributed by atoms with Gasteiger partial charge >= 0.3 is 5.97 Å². The van der Waals surface area contributed by atoms with Crippen LogP contribution >= 0.6 is 11.8 Å². The molecule has 0 spiro atoms. The van der Waals surface area contributed by atoms with Crippen molar-refractivity contribution in [3.05, 3.63) is 29.3 Å². The highest BCUT2D eigenvalue weighted by molar-refractivity contribution is 8.01. The summed E-state index contributed by atoms with van der Waals surface area (Å²) in [5, 5.41) is 9.17. The van der Waals surface area contributed by atoms with Crippen LogP contribution in [-0.2, 0) is 9.53 Å². The highest BCUT2D eigenvalue weighted by Gasteiger charge is 2.47. The lowest BCUT2D eigenvalue weighted by molar-refractivity contribution is -0.151. The molecule has 4 heteroatoms. The number of hydrogen-bond donors (Lipinski definition) is 1. The lowest BCUT2D eigenvalue weighted by Crippen LogP contribution is -2.53. The minimum atomic E-state index is -0.790. The third-order valence-corrected chi connectivity index (χ3v) is 4.14. The van der Waals surface area contributed by atoms with Crippen molar-refractivity contribution in [2.75, 3.05) is 13.2 Å². The van der Waals surface area contributed by atoms with Crippen LogP contribution in [0, 0.1) is 13.8 Å². The molecule has 0 amide bonds. The lowest BCUT2D eigenvalue weighted by atomic mass is 10.1. The largest absolute Gasteiger partial charge is 0.480 e. The van der Waals surface area contributed by atoms with E-state index in [2.05, 4.69) is 0 Å². The summed E-state index contributed by atoms with van der Waals surface area (Å²) in [7, 11) is 0. The second-order valence-electron chi connectivity index (χ2n) is 4.14. The third kappa shape index (κ3) is 1.95. The molecule has 1 aliphatic heterocycles. The summed E-state index contributed by atoms with van der Waals surface area (Å²) in [6.07, 6.45) is 0. The highest BCUT2D eigenvalue weighted by Crippen LogP contribution is 2.39. The second-order valence-corrected chi connectivity index (χ2v) is 5.60. The summed E-state index contributed by atoms with van der Waals surface area (Å²) in [6.45, 7) is 4.66. The van der Waals surface area contributed by atoms with Gasteiger partial charge in [-0.05, 0) is 37.1 Å². The lowest BCUT2D eigenvalue weighted by Gasteiger charge is -2.36. The number of carboxylic acid groups (broad SMARTS) is 1. The van der Waals surface area contributed by atoms with Gasteiger partial charge in [-0.1, -0.05) is 6.07 Å². The Labute approximate surface area is 98.8 Å². The van der Waals surface area contributed by atoms with Gasteiger partial charge in [0.25, 0.3) is 0 Å². The Morgan fingerprint density at radius 2 is 2.06 bits per heavy atom. The quantitative estimate of drug-likeness (QED) is 0.877. The van der Waals surface area contributed by atoms with Gasteiger partial charge in [-0.15, -0.1) is 11.8 Å². The van der Waals surface area contributed by atoms with E-state index in [0.717, 1.165) is 4.90 Å². The molecule has 2 rings (SSSR count). The first-order chi connectivity index (χ1) is 7.53. The Balaban J connectivity index is 2.20. The smallest absolute Gasteiger partial charge is 0.324 e. The Morgan fingerprint density at radius 1 is 1.38 bits per heavy atom.